The van der Waals surface area contributed by atoms with Gasteiger partial charge in [0.2, 0.25) is 0 Å². The summed E-state index contributed by atoms with van der Waals surface area (Å²) in [6.07, 6.45) is 0.848. The van der Waals surface area contributed by atoms with Crippen molar-refractivity contribution in [1.82, 2.24) is 10.2 Å². The molecular weight excluding hydrogens is 246 g/mol. The monoisotopic (exact) mass is 268 g/mol. The molecule has 2 rings (SSSR count). The molecule has 1 aromatic carbocycles. The second kappa shape index (κ2) is 6.44. The number of hydrogen-bond donors (Lipinski definition) is 1. The Morgan fingerprint density at radius 3 is 2.53 bits per heavy atom. The first-order valence-corrected chi connectivity index (χ1v) is 6.98. The fourth-order valence-corrected chi connectivity index (χ4v) is 2.69. The lowest BCUT2D eigenvalue weighted by molar-refractivity contribution is 0.150. The average Bonchev–Trinajstić information content (AvgIpc) is 2.40. The van der Waals surface area contributed by atoms with Crippen LogP contribution in [0.15, 0.2) is 18.2 Å². The lowest BCUT2D eigenvalue weighted by Gasteiger charge is -2.36. The normalized spacial score (nSPS) is 18.8. The molecule has 1 aliphatic rings. The van der Waals surface area contributed by atoms with Crippen molar-refractivity contribution in [3.05, 3.63) is 35.4 Å². The molecule has 19 heavy (non-hydrogen) atoms. The second-order valence-corrected chi connectivity index (χ2v) is 5.57. The first-order valence-electron chi connectivity index (χ1n) is 6.98. The molecule has 0 aliphatic carbocycles. The molecule has 0 aromatic heterocycles. The first-order chi connectivity index (χ1) is 9.09. The van der Waals surface area contributed by atoms with Gasteiger partial charge in [0, 0.05) is 37.8 Å². The largest absolute Gasteiger partial charge is 0.314 e. The Labute approximate surface area is 113 Å². The summed E-state index contributed by atoms with van der Waals surface area (Å²) >= 11 is 0. The Bertz CT molecular complexity index is 415. The number of rotatable bonds is 4. The van der Waals surface area contributed by atoms with Crippen LogP contribution in [0.5, 0.6) is 0 Å². The van der Waals surface area contributed by atoms with Crippen molar-refractivity contribution in [3.8, 4) is 0 Å². The Kier molecular flexibility index (Phi) is 4.88. The summed E-state index contributed by atoms with van der Waals surface area (Å²) in [6, 6.07) is 4.47. The quantitative estimate of drug-likeness (QED) is 0.903. The Morgan fingerprint density at radius 1 is 1.21 bits per heavy atom. The number of halogens is 2. The molecule has 0 spiro atoms. The van der Waals surface area contributed by atoms with E-state index in [1.807, 2.05) is 0 Å². The number of nitrogens with one attached hydrogen (secondary N) is 1. The predicted octanol–water partition coefficient (Wildman–Crippen LogP) is 2.96. The van der Waals surface area contributed by atoms with E-state index in [0.29, 0.717) is 11.5 Å². The predicted molar refractivity (Wildman–Crippen MR) is 73.0 cm³/mol. The van der Waals surface area contributed by atoms with Gasteiger partial charge in [0.25, 0.3) is 0 Å². The fraction of sp³-hybridized carbons (Fsp3) is 0.600. The summed E-state index contributed by atoms with van der Waals surface area (Å²) < 4.78 is 27.5. The maximum atomic E-state index is 14.0. The van der Waals surface area contributed by atoms with E-state index in [0.717, 1.165) is 32.6 Å². The van der Waals surface area contributed by atoms with Gasteiger partial charge in [0.1, 0.15) is 0 Å². The highest BCUT2D eigenvalue weighted by atomic mass is 19.2. The van der Waals surface area contributed by atoms with E-state index < -0.39 is 11.6 Å². The van der Waals surface area contributed by atoms with Crippen LogP contribution in [0.3, 0.4) is 0 Å². The first kappa shape index (κ1) is 14.4. The number of nitrogens with zero attached hydrogens (tertiary/aromatic N) is 1. The van der Waals surface area contributed by atoms with Crippen molar-refractivity contribution in [2.24, 2.45) is 5.92 Å². The van der Waals surface area contributed by atoms with Gasteiger partial charge in [-0.05, 0) is 18.4 Å². The molecule has 4 heteroatoms. The van der Waals surface area contributed by atoms with Crippen molar-refractivity contribution in [1.29, 1.82) is 0 Å². The Balaban J connectivity index is 2.27. The third kappa shape index (κ3) is 3.51. The molecule has 0 amide bonds. The molecule has 1 fully saturated rings. The second-order valence-electron chi connectivity index (χ2n) is 5.57. The highest BCUT2D eigenvalue weighted by Gasteiger charge is 2.26. The van der Waals surface area contributed by atoms with E-state index in [1.54, 1.807) is 12.1 Å². The summed E-state index contributed by atoms with van der Waals surface area (Å²) in [5, 5.41) is 3.29. The molecule has 1 aromatic rings. The van der Waals surface area contributed by atoms with Crippen LogP contribution in [-0.4, -0.2) is 31.1 Å². The van der Waals surface area contributed by atoms with Crippen molar-refractivity contribution in [2.75, 3.05) is 26.2 Å². The van der Waals surface area contributed by atoms with Crippen LogP contribution in [-0.2, 0) is 0 Å². The topological polar surface area (TPSA) is 15.3 Å². The van der Waals surface area contributed by atoms with Crippen LogP contribution >= 0.6 is 0 Å². The molecule has 106 valence electrons. The molecule has 2 nitrogen and oxygen atoms in total. The van der Waals surface area contributed by atoms with Gasteiger partial charge in [-0.25, -0.2) is 8.78 Å². The van der Waals surface area contributed by atoms with Crippen LogP contribution in [0.4, 0.5) is 8.78 Å². The summed E-state index contributed by atoms with van der Waals surface area (Å²) in [6.45, 7) is 7.82. The highest BCUT2D eigenvalue weighted by molar-refractivity contribution is 5.23. The van der Waals surface area contributed by atoms with Gasteiger partial charge in [0.05, 0.1) is 0 Å². The maximum absolute atomic E-state index is 14.0. The van der Waals surface area contributed by atoms with Crippen LogP contribution in [0.1, 0.15) is 31.9 Å². The molecule has 0 saturated carbocycles. The fourth-order valence-electron chi connectivity index (χ4n) is 2.69. The van der Waals surface area contributed by atoms with Gasteiger partial charge < -0.3 is 5.32 Å². The molecular formula is C15H22F2N2. The number of benzene rings is 1. The third-order valence-corrected chi connectivity index (χ3v) is 3.63. The van der Waals surface area contributed by atoms with Gasteiger partial charge in [0.15, 0.2) is 11.6 Å². The number of hydrogen-bond acceptors (Lipinski definition) is 2. The van der Waals surface area contributed by atoms with Crippen molar-refractivity contribution in [2.45, 2.75) is 26.3 Å². The van der Waals surface area contributed by atoms with E-state index in [1.165, 1.54) is 6.07 Å². The van der Waals surface area contributed by atoms with Crippen molar-refractivity contribution >= 4 is 0 Å². The lowest BCUT2D eigenvalue weighted by Crippen LogP contribution is -2.45. The van der Waals surface area contributed by atoms with E-state index in [9.17, 15) is 8.78 Å². The minimum absolute atomic E-state index is 0.0298. The molecule has 1 heterocycles. The molecule has 0 bridgehead atoms. The van der Waals surface area contributed by atoms with Crippen LogP contribution in [0.25, 0.3) is 0 Å². The van der Waals surface area contributed by atoms with Crippen molar-refractivity contribution < 1.29 is 8.78 Å². The minimum Gasteiger partial charge on any atom is -0.314 e. The maximum Gasteiger partial charge on any atom is 0.163 e. The molecule has 1 atom stereocenters. The van der Waals surface area contributed by atoms with Gasteiger partial charge >= 0.3 is 0 Å². The van der Waals surface area contributed by atoms with E-state index >= 15 is 0 Å². The summed E-state index contributed by atoms with van der Waals surface area (Å²) in [7, 11) is 0. The van der Waals surface area contributed by atoms with Crippen LogP contribution < -0.4 is 5.32 Å². The van der Waals surface area contributed by atoms with Gasteiger partial charge in [-0.15, -0.1) is 0 Å². The van der Waals surface area contributed by atoms with E-state index in [-0.39, 0.29) is 6.04 Å². The summed E-state index contributed by atoms with van der Waals surface area (Å²) in [5.74, 6) is -0.990. The Morgan fingerprint density at radius 2 is 1.89 bits per heavy atom. The highest BCUT2D eigenvalue weighted by Crippen LogP contribution is 2.30. The van der Waals surface area contributed by atoms with Crippen molar-refractivity contribution in [3.63, 3.8) is 0 Å². The van der Waals surface area contributed by atoms with E-state index in [4.69, 9.17) is 0 Å². The van der Waals surface area contributed by atoms with Gasteiger partial charge in [-0.1, -0.05) is 26.0 Å². The zero-order valence-corrected chi connectivity index (χ0v) is 11.6. The Hall–Kier alpha value is -1.00. The molecule has 0 unspecified atom stereocenters. The lowest BCUT2D eigenvalue weighted by atomic mass is 9.94. The zero-order chi connectivity index (χ0) is 13.8. The molecule has 1 aliphatic heterocycles. The van der Waals surface area contributed by atoms with Gasteiger partial charge in [-0.3, -0.25) is 4.90 Å². The smallest absolute Gasteiger partial charge is 0.163 e. The SMILES string of the molecule is CC(C)C[C@@H](c1cccc(F)c1F)N1CCNCC1. The summed E-state index contributed by atoms with van der Waals surface area (Å²) in [4.78, 5) is 2.26. The summed E-state index contributed by atoms with van der Waals surface area (Å²) in [5.41, 5.74) is 0.496. The standard InChI is InChI=1S/C15H22F2N2/c1-11(2)10-14(19-8-6-18-7-9-19)12-4-3-5-13(16)15(12)17/h3-5,11,14,18H,6-10H2,1-2H3/t14-/m0/s1. The third-order valence-electron chi connectivity index (χ3n) is 3.63. The van der Waals surface area contributed by atoms with Gasteiger partial charge in [-0.2, -0.15) is 0 Å². The molecule has 0 radical (unpaired) electrons. The zero-order valence-electron chi connectivity index (χ0n) is 11.6. The molecule has 1 N–H and O–H groups in total. The molecule has 1 saturated heterocycles. The minimum atomic E-state index is -0.749. The number of piperazine rings is 1. The van der Waals surface area contributed by atoms with Crippen LogP contribution in [0.2, 0.25) is 0 Å². The average molecular weight is 268 g/mol. The van der Waals surface area contributed by atoms with E-state index in [2.05, 4.69) is 24.1 Å². The van der Waals surface area contributed by atoms with Crippen LogP contribution in [0, 0.1) is 17.6 Å².